The SMILES string of the molecule is CCC(=O)CC[C@H](NC(=O)c1c2ccccc2nc2ccccc12)C(=O)O. The Balaban J connectivity index is 2.00. The van der Waals surface area contributed by atoms with Crippen LogP contribution in [0.3, 0.4) is 0 Å². The molecule has 27 heavy (non-hydrogen) atoms. The van der Waals surface area contributed by atoms with E-state index >= 15 is 0 Å². The smallest absolute Gasteiger partial charge is 0.326 e. The molecule has 1 heterocycles. The second-order valence-corrected chi connectivity index (χ2v) is 6.32. The lowest BCUT2D eigenvalue weighted by Gasteiger charge is -2.16. The minimum atomic E-state index is -1.16. The van der Waals surface area contributed by atoms with E-state index in [1.807, 2.05) is 36.4 Å². The van der Waals surface area contributed by atoms with Crippen LogP contribution in [0, 0.1) is 0 Å². The number of Topliss-reactive ketones (excluding diaryl/α,β-unsaturated/α-hetero) is 1. The highest BCUT2D eigenvalue weighted by Gasteiger charge is 2.24. The lowest BCUT2D eigenvalue weighted by atomic mass is 10.0. The van der Waals surface area contributed by atoms with E-state index < -0.39 is 17.9 Å². The van der Waals surface area contributed by atoms with Crippen LogP contribution in [0.15, 0.2) is 48.5 Å². The molecule has 0 radical (unpaired) electrons. The molecule has 1 amide bonds. The Bertz CT molecular complexity index is 975. The molecule has 3 aromatic rings. The topological polar surface area (TPSA) is 96.4 Å². The number of benzene rings is 2. The maximum absolute atomic E-state index is 13.0. The highest BCUT2D eigenvalue weighted by atomic mass is 16.4. The van der Waals surface area contributed by atoms with Crippen LogP contribution in [0.5, 0.6) is 0 Å². The molecule has 3 rings (SSSR count). The number of nitrogens with one attached hydrogen (secondary N) is 1. The molecule has 0 aliphatic rings. The Morgan fingerprint density at radius 1 is 1.00 bits per heavy atom. The van der Waals surface area contributed by atoms with Gasteiger partial charge in [-0.3, -0.25) is 9.59 Å². The molecule has 2 N–H and O–H groups in total. The summed E-state index contributed by atoms with van der Waals surface area (Å²) in [4.78, 5) is 40.7. The third kappa shape index (κ3) is 3.95. The lowest BCUT2D eigenvalue weighted by Crippen LogP contribution is -2.41. The van der Waals surface area contributed by atoms with E-state index in [0.29, 0.717) is 33.8 Å². The van der Waals surface area contributed by atoms with Gasteiger partial charge in [0.05, 0.1) is 16.6 Å². The summed E-state index contributed by atoms with van der Waals surface area (Å²) in [6.07, 6.45) is 0.528. The van der Waals surface area contributed by atoms with Gasteiger partial charge in [0.25, 0.3) is 5.91 Å². The maximum Gasteiger partial charge on any atom is 0.326 e. The standard InChI is InChI=1S/C21H20N2O4/c1-2-13(24)11-12-18(21(26)27)23-20(25)19-14-7-3-5-9-16(14)22-17-10-6-4-8-15(17)19/h3-10,18H,2,11-12H2,1H3,(H,23,25)(H,26,27)/t18-/m0/s1. The number of para-hydroxylation sites is 2. The Kier molecular flexibility index (Phi) is 5.45. The van der Waals surface area contributed by atoms with Crippen LogP contribution >= 0.6 is 0 Å². The number of hydrogen-bond acceptors (Lipinski definition) is 4. The van der Waals surface area contributed by atoms with Crippen molar-refractivity contribution < 1.29 is 19.5 Å². The summed E-state index contributed by atoms with van der Waals surface area (Å²) in [5.41, 5.74) is 1.72. The van der Waals surface area contributed by atoms with Crippen LogP contribution < -0.4 is 5.32 Å². The van der Waals surface area contributed by atoms with Crippen LogP contribution in [-0.4, -0.2) is 33.8 Å². The summed E-state index contributed by atoms with van der Waals surface area (Å²) in [5, 5.41) is 13.3. The van der Waals surface area contributed by atoms with E-state index in [2.05, 4.69) is 10.3 Å². The van der Waals surface area contributed by atoms with Crippen LogP contribution in [0.4, 0.5) is 0 Å². The monoisotopic (exact) mass is 364 g/mol. The number of nitrogens with zero attached hydrogens (tertiary/aromatic N) is 1. The van der Waals surface area contributed by atoms with Crippen LogP contribution in [0.1, 0.15) is 36.5 Å². The Hall–Kier alpha value is -3.28. The van der Waals surface area contributed by atoms with Crippen molar-refractivity contribution in [3.8, 4) is 0 Å². The molecule has 0 spiro atoms. The van der Waals surface area contributed by atoms with E-state index in [1.165, 1.54) is 0 Å². The van der Waals surface area contributed by atoms with Crippen molar-refractivity contribution >= 4 is 39.5 Å². The van der Waals surface area contributed by atoms with Gasteiger partial charge in [-0.25, -0.2) is 9.78 Å². The van der Waals surface area contributed by atoms with Gasteiger partial charge in [0.1, 0.15) is 11.8 Å². The van der Waals surface area contributed by atoms with Crippen LogP contribution in [-0.2, 0) is 9.59 Å². The number of amides is 1. The summed E-state index contributed by atoms with van der Waals surface area (Å²) < 4.78 is 0. The first-order chi connectivity index (χ1) is 13.0. The third-order valence-electron chi connectivity index (χ3n) is 4.52. The fraction of sp³-hybridized carbons (Fsp3) is 0.238. The summed E-state index contributed by atoms with van der Waals surface area (Å²) >= 11 is 0. The van der Waals surface area contributed by atoms with E-state index in [4.69, 9.17) is 0 Å². The summed E-state index contributed by atoms with van der Waals surface area (Å²) in [5.74, 6) is -1.67. The number of aromatic nitrogens is 1. The number of carboxylic acids is 1. The number of carbonyl (C=O) groups excluding carboxylic acids is 2. The van der Waals surface area contributed by atoms with Crippen LogP contribution in [0.25, 0.3) is 21.8 Å². The number of carboxylic acid groups (broad SMARTS) is 1. The Morgan fingerprint density at radius 2 is 1.56 bits per heavy atom. The Labute approximate surface area is 156 Å². The Morgan fingerprint density at radius 3 is 2.07 bits per heavy atom. The second-order valence-electron chi connectivity index (χ2n) is 6.32. The highest BCUT2D eigenvalue weighted by molar-refractivity contribution is 6.16. The van der Waals surface area contributed by atoms with Gasteiger partial charge in [-0.05, 0) is 18.6 Å². The van der Waals surface area contributed by atoms with Crippen molar-refractivity contribution in [3.63, 3.8) is 0 Å². The zero-order valence-corrected chi connectivity index (χ0v) is 14.9. The molecule has 0 aliphatic heterocycles. The maximum atomic E-state index is 13.0. The highest BCUT2D eigenvalue weighted by Crippen LogP contribution is 2.26. The zero-order valence-electron chi connectivity index (χ0n) is 14.9. The number of carbonyl (C=O) groups is 3. The molecule has 0 unspecified atom stereocenters. The minimum absolute atomic E-state index is 0.0321. The van der Waals surface area contributed by atoms with Crippen molar-refractivity contribution in [2.24, 2.45) is 0 Å². The molecule has 0 aliphatic carbocycles. The molecule has 1 aromatic heterocycles. The van der Waals surface area contributed by atoms with E-state index in [0.717, 1.165) is 0 Å². The molecule has 0 saturated heterocycles. The molecule has 6 nitrogen and oxygen atoms in total. The molecular formula is C21H20N2O4. The number of aliphatic carboxylic acids is 1. The lowest BCUT2D eigenvalue weighted by molar-refractivity contribution is -0.139. The van der Waals surface area contributed by atoms with Gasteiger partial charge >= 0.3 is 5.97 Å². The van der Waals surface area contributed by atoms with Crippen molar-refractivity contribution in [2.45, 2.75) is 32.2 Å². The molecule has 0 saturated carbocycles. The van der Waals surface area contributed by atoms with E-state index in [1.54, 1.807) is 19.1 Å². The average Bonchev–Trinajstić information content (AvgIpc) is 2.68. The number of ketones is 1. The molecular weight excluding hydrogens is 344 g/mol. The first kappa shape index (κ1) is 18.5. The predicted octanol–water partition coefficient (Wildman–Crippen LogP) is 3.33. The predicted molar refractivity (Wildman–Crippen MR) is 103 cm³/mol. The van der Waals surface area contributed by atoms with Crippen molar-refractivity contribution in [3.05, 3.63) is 54.1 Å². The van der Waals surface area contributed by atoms with Gasteiger partial charge in [-0.1, -0.05) is 43.3 Å². The van der Waals surface area contributed by atoms with Crippen molar-refractivity contribution in [1.82, 2.24) is 10.3 Å². The largest absolute Gasteiger partial charge is 0.480 e. The second kappa shape index (κ2) is 7.95. The number of fused-ring (bicyclic) bond motifs is 2. The van der Waals surface area contributed by atoms with Gasteiger partial charge in [0, 0.05) is 23.6 Å². The zero-order chi connectivity index (χ0) is 19.4. The third-order valence-corrected chi connectivity index (χ3v) is 4.52. The fourth-order valence-electron chi connectivity index (χ4n) is 3.05. The van der Waals surface area contributed by atoms with Gasteiger partial charge in [-0.15, -0.1) is 0 Å². The fourth-order valence-corrected chi connectivity index (χ4v) is 3.05. The van der Waals surface area contributed by atoms with E-state index in [-0.39, 0.29) is 18.6 Å². The van der Waals surface area contributed by atoms with Crippen LogP contribution in [0.2, 0.25) is 0 Å². The number of hydrogen-bond donors (Lipinski definition) is 2. The van der Waals surface area contributed by atoms with Crippen molar-refractivity contribution in [1.29, 1.82) is 0 Å². The minimum Gasteiger partial charge on any atom is -0.480 e. The molecule has 138 valence electrons. The quantitative estimate of drug-likeness (QED) is 0.627. The summed E-state index contributed by atoms with van der Waals surface area (Å²) in [7, 11) is 0. The van der Waals surface area contributed by atoms with Gasteiger partial charge in [0.2, 0.25) is 0 Å². The first-order valence-corrected chi connectivity index (χ1v) is 8.84. The van der Waals surface area contributed by atoms with Gasteiger partial charge in [-0.2, -0.15) is 0 Å². The van der Waals surface area contributed by atoms with Gasteiger partial charge in [0.15, 0.2) is 0 Å². The normalized spacial score (nSPS) is 12.0. The average molecular weight is 364 g/mol. The molecule has 2 aromatic carbocycles. The van der Waals surface area contributed by atoms with Crippen molar-refractivity contribution in [2.75, 3.05) is 0 Å². The summed E-state index contributed by atoms with van der Waals surface area (Å²) in [6.45, 7) is 1.73. The van der Waals surface area contributed by atoms with Gasteiger partial charge < -0.3 is 10.4 Å². The molecule has 0 fully saturated rings. The first-order valence-electron chi connectivity index (χ1n) is 8.84. The molecule has 6 heteroatoms. The molecule has 1 atom stereocenters. The van der Waals surface area contributed by atoms with E-state index in [9.17, 15) is 19.5 Å². The number of rotatable bonds is 7. The summed E-state index contributed by atoms with van der Waals surface area (Å²) in [6, 6.07) is 13.4. The number of pyridine rings is 1. The molecule has 0 bridgehead atoms.